The van der Waals surface area contributed by atoms with Crippen molar-refractivity contribution in [3.05, 3.63) is 17.5 Å². The minimum absolute atomic E-state index is 0.198. The largest absolute Gasteiger partial charge is 0.481 e. The Morgan fingerprint density at radius 2 is 2.26 bits per heavy atom. The Labute approximate surface area is 113 Å². The van der Waals surface area contributed by atoms with E-state index >= 15 is 0 Å². The van der Waals surface area contributed by atoms with E-state index in [0.717, 1.165) is 37.2 Å². The summed E-state index contributed by atoms with van der Waals surface area (Å²) in [4.78, 5) is 11.7. The molecule has 1 unspecified atom stereocenters. The van der Waals surface area contributed by atoms with Crippen LogP contribution in [0.3, 0.4) is 0 Å². The second kappa shape index (κ2) is 5.33. The zero-order chi connectivity index (χ0) is 14.0. The van der Waals surface area contributed by atoms with Gasteiger partial charge in [0.25, 0.3) is 0 Å². The Kier molecular flexibility index (Phi) is 3.94. The van der Waals surface area contributed by atoms with E-state index < -0.39 is 11.4 Å². The van der Waals surface area contributed by atoms with Gasteiger partial charge in [0.15, 0.2) is 0 Å². The molecule has 0 radical (unpaired) electrons. The van der Waals surface area contributed by atoms with E-state index in [0.29, 0.717) is 6.42 Å². The molecule has 5 nitrogen and oxygen atoms in total. The summed E-state index contributed by atoms with van der Waals surface area (Å²) >= 11 is 0. The molecule has 1 heterocycles. The first-order valence-corrected chi connectivity index (χ1v) is 7.06. The van der Waals surface area contributed by atoms with Crippen LogP contribution < -0.4 is 5.73 Å². The van der Waals surface area contributed by atoms with E-state index in [4.69, 9.17) is 5.73 Å². The predicted octanol–water partition coefficient (Wildman–Crippen LogP) is 1.45. The molecule has 0 aromatic carbocycles. The smallest absolute Gasteiger partial charge is 0.311 e. The molecule has 1 fully saturated rings. The average molecular weight is 265 g/mol. The lowest BCUT2D eigenvalue weighted by Crippen LogP contribution is -2.43. The summed E-state index contributed by atoms with van der Waals surface area (Å²) in [6.45, 7) is 5.04. The first kappa shape index (κ1) is 14.1. The summed E-state index contributed by atoms with van der Waals surface area (Å²) < 4.78 is 1.91. The van der Waals surface area contributed by atoms with Gasteiger partial charge in [-0.25, -0.2) is 0 Å². The topological polar surface area (TPSA) is 81.1 Å². The van der Waals surface area contributed by atoms with Crippen molar-refractivity contribution >= 4 is 5.97 Å². The average Bonchev–Trinajstić information content (AvgIpc) is 3.17. The number of nitrogens with zero attached hydrogens (tertiary/aromatic N) is 2. The molecular formula is C14H23N3O2. The monoisotopic (exact) mass is 265 g/mol. The zero-order valence-corrected chi connectivity index (χ0v) is 11.7. The van der Waals surface area contributed by atoms with Crippen molar-refractivity contribution in [3.63, 3.8) is 0 Å². The highest BCUT2D eigenvalue weighted by molar-refractivity contribution is 5.76. The summed E-state index contributed by atoms with van der Waals surface area (Å²) in [7, 11) is 0. The molecule has 0 amide bonds. The molecule has 0 aliphatic heterocycles. The van der Waals surface area contributed by atoms with Gasteiger partial charge >= 0.3 is 5.97 Å². The van der Waals surface area contributed by atoms with Crippen LogP contribution >= 0.6 is 0 Å². The summed E-state index contributed by atoms with van der Waals surface area (Å²) in [6.07, 6.45) is 3.31. The molecule has 0 saturated heterocycles. The minimum atomic E-state index is -0.808. The third-order valence-corrected chi connectivity index (χ3v) is 4.22. The highest BCUT2D eigenvalue weighted by Crippen LogP contribution is 2.47. The van der Waals surface area contributed by atoms with Crippen molar-refractivity contribution in [2.75, 3.05) is 6.54 Å². The highest BCUT2D eigenvalue weighted by atomic mass is 16.4. The third kappa shape index (κ3) is 2.52. The number of aliphatic carboxylic acids is 1. The number of rotatable bonds is 7. The number of aryl methyl sites for hydroxylation is 2. The van der Waals surface area contributed by atoms with Gasteiger partial charge in [-0.1, -0.05) is 6.92 Å². The standard InChI is InChI=1S/C14H23N3O2/c1-3-11-7-12(17(4-2)16-11)8-14(9-15,13(18)19)10-5-6-10/h7,10H,3-6,8-9,15H2,1-2H3,(H,18,19). The van der Waals surface area contributed by atoms with E-state index in [1.807, 2.05) is 17.7 Å². The third-order valence-electron chi connectivity index (χ3n) is 4.22. The Bertz CT molecular complexity index is 465. The Morgan fingerprint density at radius 3 is 2.68 bits per heavy atom. The van der Waals surface area contributed by atoms with Gasteiger partial charge in [-0.05, 0) is 38.2 Å². The zero-order valence-electron chi connectivity index (χ0n) is 11.7. The summed E-state index contributed by atoms with van der Waals surface area (Å²) in [5.74, 6) is -0.542. The van der Waals surface area contributed by atoms with Crippen molar-refractivity contribution in [2.45, 2.75) is 46.1 Å². The number of hydrogen-bond donors (Lipinski definition) is 2. The van der Waals surface area contributed by atoms with Crippen LogP contribution in [0.25, 0.3) is 0 Å². The number of hydrogen-bond acceptors (Lipinski definition) is 3. The summed E-state index contributed by atoms with van der Waals surface area (Å²) in [5.41, 5.74) is 7.03. The molecule has 3 N–H and O–H groups in total. The van der Waals surface area contributed by atoms with Crippen molar-refractivity contribution in [1.29, 1.82) is 0 Å². The van der Waals surface area contributed by atoms with Crippen molar-refractivity contribution < 1.29 is 9.90 Å². The fourth-order valence-electron chi connectivity index (χ4n) is 2.78. The van der Waals surface area contributed by atoms with Crippen molar-refractivity contribution in [2.24, 2.45) is 17.1 Å². The van der Waals surface area contributed by atoms with Gasteiger partial charge in [0.1, 0.15) is 0 Å². The number of carboxylic acid groups (broad SMARTS) is 1. The maximum Gasteiger partial charge on any atom is 0.311 e. The first-order valence-electron chi connectivity index (χ1n) is 7.06. The van der Waals surface area contributed by atoms with Gasteiger partial charge in [0, 0.05) is 25.2 Å². The van der Waals surface area contributed by atoms with Gasteiger partial charge in [0.05, 0.1) is 11.1 Å². The molecule has 19 heavy (non-hydrogen) atoms. The molecule has 106 valence electrons. The molecule has 1 aliphatic rings. The lowest BCUT2D eigenvalue weighted by Gasteiger charge is -2.28. The molecular weight excluding hydrogens is 242 g/mol. The Morgan fingerprint density at radius 1 is 1.58 bits per heavy atom. The van der Waals surface area contributed by atoms with E-state index in [9.17, 15) is 9.90 Å². The van der Waals surface area contributed by atoms with Crippen LogP contribution in [0.1, 0.15) is 38.1 Å². The van der Waals surface area contributed by atoms with Crippen LogP contribution in [-0.4, -0.2) is 27.4 Å². The van der Waals surface area contributed by atoms with Crippen LogP contribution in [0.2, 0.25) is 0 Å². The number of carboxylic acids is 1. The van der Waals surface area contributed by atoms with Crippen LogP contribution in [0.5, 0.6) is 0 Å². The SMILES string of the molecule is CCc1cc(CC(CN)(C(=O)O)C2CC2)n(CC)n1. The molecule has 0 bridgehead atoms. The van der Waals surface area contributed by atoms with Crippen LogP contribution in [0.15, 0.2) is 6.07 Å². The van der Waals surface area contributed by atoms with Gasteiger partial charge in [0.2, 0.25) is 0 Å². The normalized spacial score (nSPS) is 18.3. The lowest BCUT2D eigenvalue weighted by molar-refractivity contribution is -0.149. The number of nitrogens with two attached hydrogens (primary N) is 1. The molecule has 0 spiro atoms. The van der Waals surface area contributed by atoms with Crippen LogP contribution in [0.4, 0.5) is 0 Å². The molecule has 5 heteroatoms. The maximum atomic E-state index is 11.7. The van der Waals surface area contributed by atoms with E-state index in [-0.39, 0.29) is 12.5 Å². The molecule has 1 aromatic rings. The molecule has 1 aromatic heterocycles. The van der Waals surface area contributed by atoms with Gasteiger partial charge in [-0.15, -0.1) is 0 Å². The fourth-order valence-corrected chi connectivity index (χ4v) is 2.78. The second-order valence-corrected chi connectivity index (χ2v) is 5.41. The van der Waals surface area contributed by atoms with Crippen molar-refractivity contribution in [1.82, 2.24) is 9.78 Å². The number of carbonyl (C=O) groups is 1. The maximum absolute atomic E-state index is 11.7. The Hall–Kier alpha value is -1.36. The van der Waals surface area contributed by atoms with Crippen LogP contribution in [0, 0.1) is 11.3 Å². The molecule has 2 rings (SSSR count). The molecule has 1 saturated carbocycles. The Balaban J connectivity index is 2.31. The highest BCUT2D eigenvalue weighted by Gasteiger charge is 2.50. The van der Waals surface area contributed by atoms with E-state index in [2.05, 4.69) is 12.0 Å². The minimum Gasteiger partial charge on any atom is -0.481 e. The predicted molar refractivity (Wildman–Crippen MR) is 72.8 cm³/mol. The van der Waals surface area contributed by atoms with E-state index in [1.54, 1.807) is 0 Å². The quantitative estimate of drug-likeness (QED) is 0.782. The van der Waals surface area contributed by atoms with Gasteiger partial charge in [-0.3, -0.25) is 9.48 Å². The van der Waals surface area contributed by atoms with Gasteiger partial charge < -0.3 is 10.8 Å². The number of aromatic nitrogens is 2. The second-order valence-electron chi connectivity index (χ2n) is 5.41. The van der Waals surface area contributed by atoms with E-state index in [1.165, 1.54) is 0 Å². The molecule has 1 aliphatic carbocycles. The fraction of sp³-hybridized carbons (Fsp3) is 0.714. The van der Waals surface area contributed by atoms with Gasteiger partial charge in [-0.2, -0.15) is 5.10 Å². The summed E-state index contributed by atoms with van der Waals surface area (Å²) in [5, 5.41) is 14.1. The van der Waals surface area contributed by atoms with Crippen molar-refractivity contribution in [3.8, 4) is 0 Å². The van der Waals surface area contributed by atoms with Crippen LogP contribution in [-0.2, 0) is 24.2 Å². The molecule has 1 atom stereocenters. The first-order chi connectivity index (χ1) is 9.07. The lowest BCUT2D eigenvalue weighted by atomic mass is 9.78. The summed E-state index contributed by atoms with van der Waals surface area (Å²) in [6, 6.07) is 2.03.